The van der Waals surface area contributed by atoms with Crippen molar-refractivity contribution in [2.24, 2.45) is 0 Å². The summed E-state index contributed by atoms with van der Waals surface area (Å²) in [6, 6.07) is 6.14. The third-order valence-electron chi connectivity index (χ3n) is 2.47. The molecule has 0 spiro atoms. The van der Waals surface area contributed by atoms with E-state index in [2.05, 4.69) is 37.2 Å². The van der Waals surface area contributed by atoms with Crippen molar-refractivity contribution in [2.45, 2.75) is 26.9 Å². The smallest absolute Gasteiger partial charge is 0.120 e. The lowest BCUT2D eigenvalue weighted by Crippen LogP contribution is -2.29. The van der Waals surface area contributed by atoms with Gasteiger partial charge < -0.3 is 10.1 Å². The highest BCUT2D eigenvalue weighted by Crippen LogP contribution is 2.17. The van der Waals surface area contributed by atoms with Crippen LogP contribution in [0.15, 0.2) is 18.2 Å². The molecule has 0 radical (unpaired) electrons. The number of hydrogen-bond donors (Lipinski definition) is 1. The number of nitrogens with one attached hydrogen (secondary N) is 1. The van der Waals surface area contributed by atoms with E-state index in [4.69, 9.17) is 11.2 Å². The molecule has 0 aliphatic heterocycles. The van der Waals surface area contributed by atoms with Gasteiger partial charge in [0.25, 0.3) is 0 Å². The van der Waals surface area contributed by atoms with E-state index in [1.165, 1.54) is 11.1 Å². The SMILES string of the molecule is C#CCNCC(C)Oc1ccc(C)c(C)c1. The normalized spacial score (nSPS) is 11.9. The van der Waals surface area contributed by atoms with Crippen LogP contribution in [0.25, 0.3) is 0 Å². The summed E-state index contributed by atoms with van der Waals surface area (Å²) in [5, 5.41) is 3.12. The molecule has 1 atom stereocenters. The van der Waals surface area contributed by atoms with Crippen LogP contribution in [0.4, 0.5) is 0 Å². The number of aryl methyl sites for hydroxylation is 2. The van der Waals surface area contributed by atoms with Crippen LogP contribution in [0.2, 0.25) is 0 Å². The van der Waals surface area contributed by atoms with Gasteiger partial charge in [-0.05, 0) is 44.0 Å². The van der Waals surface area contributed by atoms with Crippen molar-refractivity contribution in [3.63, 3.8) is 0 Å². The molecule has 1 aromatic carbocycles. The summed E-state index contributed by atoms with van der Waals surface area (Å²) in [6.07, 6.45) is 5.27. The van der Waals surface area contributed by atoms with Gasteiger partial charge in [0, 0.05) is 6.54 Å². The molecule has 1 N–H and O–H groups in total. The summed E-state index contributed by atoms with van der Waals surface area (Å²) in [4.78, 5) is 0. The number of benzene rings is 1. The molecule has 16 heavy (non-hydrogen) atoms. The Kier molecular flexibility index (Phi) is 4.88. The minimum Gasteiger partial charge on any atom is -0.489 e. The average Bonchev–Trinajstić information content (AvgIpc) is 2.24. The van der Waals surface area contributed by atoms with Crippen LogP contribution in [-0.4, -0.2) is 19.2 Å². The first kappa shape index (κ1) is 12.6. The van der Waals surface area contributed by atoms with Gasteiger partial charge in [-0.1, -0.05) is 12.0 Å². The first-order valence-electron chi connectivity index (χ1n) is 5.51. The zero-order valence-electron chi connectivity index (χ0n) is 10.2. The molecule has 0 saturated heterocycles. The van der Waals surface area contributed by atoms with E-state index in [1.54, 1.807) is 0 Å². The van der Waals surface area contributed by atoms with Gasteiger partial charge in [-0.3, -0.25) is 0 Å². The van der Waals surface area contributed by atoms with Crippen LogP contribution >= 0.6 is 0 Å². The van der Waals surface area contributed by atoms with Crippen molar-refractivity contribution in [1.29, 1.82) is 0 Å². The van der Waals surface area contributed by atoms with Crippen molar-refractivity contribution >= 4 is 0 Å². The second-order valence-electron chi connectivity index (χ2n) is 4.01. The predicted molar refractivity (Wildman–Crippen MR) is 67.7 cm³/mol. The Morgan fingerprint density at radius 2 is 2.12 bits per heavy atom. The first-order chi connectivity index (χ1) is 7.63. The van der Waals surface area contributed by atoms with Gasteiger partial charge in [0.1, 0.15) is 11.9 Å². The second-order valence-corrected chi connectivity index (χ2v) is 4.01. The zero-order chi connectivity index (χ0) is 12.0. The highest BCUT2D eigenvalue weighted by atomic mass is 16.5. The summed E-state index contributed by atoms with van der Waals surface area (Å²) in [5.74, 6) is 3.45. The molecule has 0 bridgehead atoms. The fraction of sp³-hybridized carbons (Fsp3) is 0.429. The molecular weight excluding hydrogens is 198 g/mol. The van der Waals surface area contributed by atoms with Crippen LogP contribution in [0.5, 0.6) is 5.75 Å². The van der Waals surface area contributed by atoms with Crippen LogP contribution in [-0.2, 0) is 0 Å². The molecule has 2 heteroatoms. The lowest BCUT2D eigenvalue weighted by molar-refractivity contribution is 0.219. The Morgan fingerprint density at radius 1 is 1.38 bits per heavy atom. The lowest BCUT2D eigenvalue weighted by Gasteiger charge is -2.15. The van der Waals surface area contributed by atoms with E-state index in [1.807, 2.05) is 13.0 Å². The summed E-state index contributed by atoms with van der Waals surface area (Å²) < 4.78 is 5.77. The third-order valence-corrected chi connectivity index (χ3v) is 2.47. The molecule has 1 unspecified atom stereocenters. The van der Waals surface area contributed by atoms with E-state index in [0.717, 1.165) is 12.3 Å². The summed E-state index contributed by atoms with van der Waals surface area (Å²) in [6.45, 7) is 7.55. The lowest BCUT2D eigenvalue weighted by atomic mass is 10.1. The van der Waals surface area contributed by atoms with Gasteiger partial charge in [-0.15, -0.1) is 6.42 Å². The van der Waals surface area contributed by atoms with Crippen molar-refractivity contribution in [3.05, 3.63) is 29.3 Å². The summed E-state index contributed by atoms with van der Waals surface area (Å²) in [5.41, 5.74) is 2.53. The van der Waals surface area contributed by atoms with Gasteiger partial charge in [0.05, 0.1) is 6.54 Å². The van der Waals surface area contributed by atoms with E-state index in [0.29, 0.717) is 6.54 Å². The van der Waals surface area contributed by atoms with Gasteiger partial charge in [-0.25, -0.2) is 0 Å². The molecule has 0 amide bonds. The van der Waals surface area contributed by atoms with Crippen molar-refractivity contribution in [2.75, 3.05) is 13.1 Å². The molecule has 0 aromatic heterocycles. The Labute approximate surface area is 98.0 Å². The third kappa shape index (κ3) is 3.96. The minimum atomic E-state index is 0.121. The highest BCUT2D eigenvalue weighted by Gasteiger charge is 2.03. The van der Waals surface area contributed by atoms with Crippen molar-refractivity contribution in [1.82, 2.24) is 5.32 Å². The van der Waals surface area contributed by atoms with Gasteiger partial charge in [0.15, 0.2) is 0 Å². The van der Waals surface area contributed by atoms with E-state index < -0.39 is 0 Å². The average molecular weight is 217 g/mol. The van der Waals surface area contributed by atoms with Gasteiger partial charge in [-0.2, -0.15) is 0 Å². The minimum absolute atomic E-state index is 0.121. The molecule has 0 aliphatic rings. The van der Waals surface area contributed by atoms with Crippen LogP contribution in [0.1, 0.15) is 18.1 Å². The maximum atomic E-state index is 5.77. The van der Waals surface area contributed by atoms with Gasteiger partial charge in [0.2, 0.25) is 0 Å². The maximum Gasteiger partial charge on any atom is 0.120 e. The number of hydrogen-bond acceptors (Lipinski definition) is 2. The van der Waals surface area contributed by atoms with Crippen LogP contribution in [0, 0.1) is 26.2 Å². The zero-order valence-corrected chi connectivity index (χ0v) is 10.2. The predicted octanol–water partition coefficient (Wildman–Crippen LogP) is 2.29. The summed E-state index contributed by atoms with van der Waals surface area (Å²) >= 11 is 0. The quantitative estimate of drug-likeness (QED) is 0.603. The molecule has 0 aliphatic carbocycles. The van der Waals surface area contributed by atoms with Crippen molar-refractivity contribution < 1.29 is 4.74 Å². The number of ether oxygens (including phenoxy) is 1. The van der Waals surface area contributed by atoms with E-state index in [9.17, 15) is 0 Å². The number of terminal acetylenes is 1. The van der Waals surface area contributed by atoms with E-state index >= 15 is 0 Å². The Hall–Kier alpha value is -1.46. The largest absolute Gasteiger partial charge is 0.489 e. The van der Waals surface area contributed by atoms with Gasteiger partial charge >= 0.3 is 0 Å². The molecule has 0 heterocycles. The molecule has 0 fully saturated rings. The van der Waals surface area contributed by atoms with Crippen LogP contribution in [0.3, 0.4) is 0 Å². The standard InChI is InChI=1S/C14H19NO/c1-5-8-15-10-13(4)16-14-7-6-11(2)12(3)9-14/h1,6-7,9,13,15H,8,10H2,2-4H3. The van der Waals surface area contributed by atoms with Crippen LogP contribution < -0.4 is 10.1 Å². The Morgan fingerprint density at radius 3 is 2.75 bits per heavy atom. The van der Waals surface area contributed by atoms with E-state index in [-0.39, 0.29) is 6.10 Å². The monoisotopic (exact) mass is 217 g/mol. The molecule has 86 valence electrons. The molecule has 0 saturated carbocycles. The van der Waals surface area contributed by atoms with Crippen molar-refractivity contribution in [3.8, 4) is 18.1 Å². The first-order valence-corrected chi connectivity index (χ1v) is 5.51. The fourth-order valence-corrected chi connectivity index (χ4v) is 1.41. The highest BCUT2D eigenvalue weighted by molar-refractivity contribution is 5.33. The summed E-state index contributed by atoms with van der Waals surface area (Å²) in [7, 11) is 0. The Bertz CT molecular complexity index is 379. The molecular formula is C14H19NO. The Balaban J connectivity index is 2.47. The second kappa shape index (κ2) is 6.19. The molecule has 1 aromatic rings. The topological polar surface area (TPSA) is 21.3 Å². The maximum absolute atomic E-state index is 5.77. The molecule has 2 nitrogen and oxygen atoms in total. The fourth-order valence-electron chi connectivity index (χ4n) is 1.41. The number of rotatable bonds is 5. The molecule has 1 rings (SSSR count).